The Morgan fingerprint density at radius 2 is 1.88 bits per heavy atom. The molecule has 0 atom stereocenters. The fraction of sp³-hybridized carbons (Fsp3) is 0.556. The van der Waals surface area contributed by atoms with Gasteiger partial charge in [0.1, 0.15) is 0 Å². The van der Waals surface area contributed by atoms with Gasteiger partial charge >= 0.3 is 0 Å². The average Bonchev–Trinajstić information content (AvgIpc) is 2.58. The van der Waals surface area contributed by atoms with Gasteiger partial charge in [0.25, 0.3) is 0 Å². The van der Waals surface area contributed by atoms with Crippen LogP contribution in [-0.4, -0.2) is 44.0 Å². The molecule has 0 spiro atoms. The fourth-order valence-electron chi connectivity index (χ4n) is 2.25. The van der Waals surface area contributed by atoms with E-state index in [4.69, 9.17) is 0 Å². The number of hydrogen-bond donors (Lipinski definition) is 2. The second-order valence-electron chi connectivity index (χ2n) is 5.72. The van der Waals surface area contributed by atoms with Crippen molar-refractivity contribution in [1.29, 1.82) is 0 Å². The zero-order chi connectivity index (χ0) is 17.8. The van der Waals surface area contributed by atoms with Crippen LogP contribution in [-0.2, 0) is 11.3 Å². The highest BCUT2D eigenvalue weighted by atomic mass is 127. The van der Waals surface area contributed by atoms with Gasteiger partial charge in [-0.2, -0.15) is 0 Å². The second kappa shape index (κ2) is 14.4. The number of hydrogen-bond acceptors (Lipinski definition) is 2. The number of nitrogens with zero attached hydrogens (tertiary/aromatic N) is 2. The van der Waals surface area contributed by atoms with Crippen molar-refractivity contribution in [1.82, 2.24) is 15.5 Å². The molecule has 1 aromatic rings. The molecule has 1 rings (SSSR count). The summed E-state index contributed by atoms with van der Waals surface area (Å²) in [7, 11) is 3.58. The van der Waals surface area contributed by atoms with E-state index in [9.17, 15) is 4.79 Å². The van der Waals surface area contributed by atoms with Gasteiger partial charge in [0.15, 0.2) is 5.96 Å². The van der Waals surface area contributed by atoms with Gasteiger partial charge in [-0.25, -0.2) is 0 Å². The molecule has 0 aliphatic heterocycles. The third kappa shape index (κ3) is 10.0. The molecule has 0 unspecified atom stereocenters. The molecule has 0 aliphatic carbocycles. The van der Waals surface area contributed by atoms with Crippen LogP contribution in [0.25, 0.3) is 0 Å². The maximum absolute atomic E-state index is 12.2. The number of halogens is 2. The summed E-state index contributed by atoms with van der Waals surface area (Å²) >= 11 is 3.52. The van der Waals surface area contributed by atoms with Gasteiger partial charge in [-0.1, -0.05) is 53.9 Å². The summed E-state index contributed by atoms with van der Waals surface area (Å²) in [6, 6.07) is 7.96. The van der Waals surface area contributed by atoms with E-state index in [-0.39, 0.29) is 29.9 Å². The molecule has 0 aliphatic rings. The van der Waals surface area contributed by atoms with E-state index in [1.165, 1.54) is 12.8 Å². The van der Waals surface area contributed by atoms with Crippen molar-refractivity contribution < 1.29 is 4.79 Å². The summed E-state index contributed by atoms with van der Waals surface area (Å²) in [6.45, 7) is 4.27. The summed E-state index contributed by atoms with van der Waals surface area (Å²) in [5.41, 5.74) is 1.11. The quantitative estimate of drug-likeness (QED) is 0.224. The van der Waals surface area contributed by atoms with Gasteiger partial charge in [-0.3, -0.25) is 9.79 Å². The number of unbranched alkanes of at least 4 members (excludes halogenated alkanes) is 2. The minimum Gasteiger partial charge on any atom is -0.356 e. The number of carbonyl (C=O) groups excluding carboxylic acids is 1. The Hall–Kier alpha value is -0.830. The Balaban J connectivity index is 0.00000576. The Morgan fingerprint density at radius 1 is 1.20 bits per heavy atom. The molecular formula is C18H30BrIN4O. The lowest BCUT2D eigenvalue weighted by atomic mass is 10.2. The molecule has 5 nitrogen and oxygen atoms in total. The van der Waals surface area contributed by atoms with Gasteiger partial charge in [0.2, 0.25) is 5.91 Å². The van der Waals surface area contributed by atoms with Crippen molar-refractivity contribution in [2.45, 2.75) is 39.2 Å². The number of amides is 1. The van der Waals surface area contributed by atoms with Gasteiger partial charge in [0, 0.05) is 44.6 Å². The molecule has 0 saturated carbocycles. The van der Waals surface area contributed by atoms with E-state index in [1.54, 1.807) is 11.9 Å². The third-order valence-corrected chi connectivity index (χ3v) is 4.49. The molecule has 0 saturated heterocycles. The third-order valence-electron chi connectivity index (χ3n) is 3.72. The number of aliphatic imine (C=N–C) groups is 1. The summed E-state index contributed by atoms with van der Waals surface area (Å²) in [4.78, 5) is 18.2. The Bertz CT molecular complexity index is 540. The molecule has 142 valence electrons. The van der Waals surface area contributed by atoms with Crippen LogP contribution in [0.2, 0.25) is 0 Å². The van der Waals surface area contributed by atoms with E-state index >= 15 is 0 Å². The minimum absolute atomic E-state index is 0. The lowest BCUT2D eigenvalue weighted by Crippen LogP contribution is -2.39. The molecule has 1 aromatic carbocycles. The molecule has 0 heterocycles. The maximum atomic E-state index is 12.2. The summed E-state index contributed by atoms with van der Waals surface area (Å²) in [5, 5.41) is 6.45. The Kier molecular flexibility index (Phi) is 13.9. The van der Waals surface area contributed by atoms with Crippen LogP contribution in [0.4, 0.5) is 0 Å². The van der Waals surface area contributed by atoms with Crippen LogP contribution in [0, 0.1) is 0 Å². The fourth-order valence-corrected chi connectivity index (χ4v) is 2.66. The van der Waals surface area contributed by atoms with Gasteiger partial charge < -0.3 is 15.5 Å². The summed E-state index contributed by atoms with van der Waals surface area (Å²) < 4.78 is 1.03. The largest absolute Gasteiger partial charge is 0.356 e. The topological polar surface area (TPSA) is 56.7 Å². The predicted octanol–water partition coefficient (Wildman–Crippen LogP) is 3.77. The first kappa shape index (κ1) is 24.2. The number of guanidine groups is 1. The number of rotatable bonds is 9. The van der Waals surface area contributed by atoms with Crippen molar-refractivity contribution in [3.8, 4) is 0 Å². The van der Waals surface area contributed by atoms with Crippen LogP contribution in [0.5, 0.6) is 0 Å². The highest BCUT2D eigenvalue weighted by Gasteiger charge is 2.10. The zero-order valence-electron chi connectivity index (χ0n) is 15.3. The van der Waals surface area contributed by atoms with E-state index in [1.807, 2.05) is 31.3 Å². The molecule has 25 heavy (non-hydrogen) atoms. The minimum atomic E-state index is 0. The second-order valence-corrected chi connectivity index (χ2v) is 6.58. The highest BCUT2D eigenvalue weighted by Crippen LogP contribution is 2.17. The maximum Gasteiger partial charge on any atom is 0.224 e. The highest BCUT2D eigenvalue weighted by molar-refractivity contribution is 14.0. The standard InChI is InChI=1S/C18H29BrN4O.HI/c1-4-5-8-12-21-18(20-2)22-13-11-17(24)23(3)14-15-9-6-7-10-16(15)19;/h6-7,9-10H,4-5,8,11-14H2,1-3H3,(H2,20,21,22);1H. The number of carbonyl (C=O) groups is 1. The van der Waals surface area contributed by atoms with Crippen LogP contribution in [0.15, 0.2) is 33.7 Å². The van der Waals surface area contributed by atoms with E-state index in [0.717, 1.165) is 29.0 Å². The Morgan fingerprint density at radius 3 is 2.52 bits per heavy atom. The van der Waals surface area contributed by atoms with Crippen molar-refractivity contribution in [2.75, 3.05) is 27.2 Å². The van der Waals surface area contributed by atoms with Gasteiger partial charge in [-0.15, -0.1) is 24.0 Å². The Labute approximate surface area is 177 Å². The van der Waals surface area contributed by atoms with Crippen molar-refractivity contribution >= 4 is 51.8 Å². The molecule has 0 fully saturated rings. The smallest absolute Gasteiger partial charge is 0.224 e. The number of benzene rings is 1. The molecule has 0 aromatic heterocycles. The van der Waals surface area contributed by atoms with Gasteiger partial charge in [-0.05, 0) is 18.1 Å². The molecule has 7 heteroatoms. The summed E-state index contributed by atoms with van der Waals surface area (Å²) in [6.07, 6.45) is 3.98. The monoisotopic (exact) mass is 524 g/mol. The van der Waals surface area contributed by atoms with Gasteiger partial charge in [0.05, 0.1) is 0 Å². The first-order valence-electron chi connectivity index (χ1n) is 8.50. The van der Waals surface area contributed by atoms with Crippen LogP contribution in [0.1, 0.15) is 38.2 Å². The van der Waals surface area contributed by atoms with E-state index < -0.39 is 0 Å². The zero-order valence-corrected chi connectivity index (χ0v) is 19.3. The number of nitrogens with one attached hydrogen (secondary N) is 2. The van der Waals surface area contributed by atoms with Crippen LogP contribution < -0.4 is 10.6 Å². The van der Waals surface area contributed by atoms with E-state index in [0.29, 0.717) is 19.5 Å². The van der Waals surface area contributed by atoms with Crippen LogP contribution >= 0.6 is 39.9 Å². The predicted molar refractivity (Wildman–Crippen MR) is 120 cm³/mol. The average molecular weight is 525 g/mol. The first-order chi connectivity index (χ1) is 11.6. The van der Waals surface area contributed by atoms with Crippen molar-refractivity contribution in [2.24, 2.45) is 4.99 Å². The molecule has 1 amide bonds. The molecule has 0 bridgehead atoms. The van der Waals surface area contributed by atoms with E-state index in [2.05, 4.69) is 38.5 Å². The molecular weight excluding hydrogens is 495 g/mol. The van der Waals surface area contributed by atoms with Crippen LogP contribution in [0.3, 0.4) is 0 Å². The lowest BCUT2D eigenvalue weighted by molar-refractivity contribution is -0.130. The lowest BCUT2D eigenvalue weighted by Gasteiger charge is -2.19. The van der Waals surface area contributed by atoms with Crippen molar-refractivity contribution in [3.63, 3.8) is 0 Å². The summed E-state index contributed by atoms with van der Waals surface area (Å²) in [5.74, 6) is 0.868. The molecule has 0 radical (unpaired) electrons. The molecule has 2 N–H and O–H groups in total. The normalized spacial score (nSPS) is 10.8. The first-order valence-corrected chi connectivity index (χ1v) is 9.29. The SMILES string of the molecule is CCCCCNC(=NC)NCCC(=O)N(C)Cc1ccccc1Br.I. The van der Waals surface area contributed by atoms with Crippen molar-refractivity contribution in [3.05, 3.63) is 34.3 Å².